The number of carbonyl (C=O) groups is 5. The number of H-pyrrole nitrogens is 1. The molecule has 0 unspecified atom stereocenters. The van der Waals surface area contributed by atoms with Gasteiger partial charge in [-0.15, -0.1) is 0 Å². The van der Waals surface area contributed by atoms with Crippen LogP contribution in [0.4, 0.5) is 27.7 Å². The normalized spacial score (nSPS) is 17.6. The molecular formula is C60H72N12O8. The number of ether oxygens (including phenoxy) is 3. The van der Waals surface area contributed by atoms with Crippen molar-refractivity contribution in [2.75, 3.05) is 66.9 Å². The summed E-state index contributed by atoms with van der Waals surface area (Å²) in [6, 6.07) is 28.6. The average molecular weight is 1090 g/mol. The van der Waals surface area contributed by atoms with Crippen molar-refractivity contribution in [3.63, 3.8) is 0 Å². The van der Waals surface area contributed by atoms with Gasteiger partial charge >= 0.3 is 6.09 Å². The number of aromatic amines is 1. The standard InChI is InChI=1S/C60H72N12O8/c1-37(64-56(74)41-16-14-39(15-17-41)40-18-20-44(21-19-40)67-59(77)80-60(3,4)5)50-36-54(66-38(2)65-50)72-51-13-8-7-10-43(51)34-52(72)58(76)62-29-33-79-32-28-61-55(73)42-25-30-71(31-26-42)45-22-23-48(53(35-45)78-6)69-57(75)49-12-9-11-46(68-49)47-24-27-63-70-47/h9,11-12,14-24,27,35-37,42-43,51-52H,7-8,10,13,25-26,28-34H2,1-6H3,(H,61,73)(H,62,76)(H,63,70)(H,64,74)(H,67,77)(H,69,75)/t37-,43-,51-,52-/m0/s1. The molecule has 1 aliphatic carbocycles. The minimum absolute atomic E-state index is 0.00684. The van der Waals surface area contributed by atoms with E-state index in [0.29, 0.717) is 110 Å². The number of nitrogens with zero attached hydrogens (tertiary/aromatic N) is 6. The Hall–Kier alpha value is -8.39. The van der Waals surface area contributed by atoms with Gasteiger partial charge in [0.1, 0.15) is 34.7 Å². The number of anilines is 4. The maximum atomic E-state index is 14.0. The highest BCUT2D eigenvalue weighted by Crippen LogP contribution is 2.42. The number of rotatable bonds is 19. The highest BCUT2D eigenvalue weighted by atomic mass is 16.6. The van der Waals surface area contributed by atoms with Gasteiger partial charge in [-0.2, -0.15) is 5.10 Å². The zero-order chi connectivity index (χ0) is 56.3. The summed E-state index contributed by atoms with van der Waals surface area (Å²) in [5.74, 6) is 1.26. The van der Waals surface area contributed by atoms with Crippen molar-refractivity contribution < 1.29 is 38.2 Å². The number of hydrogen-bond donors (Lipinski definition) is 6. The number of aryl methyl sites for hydroxylation is 1. The van der Waals surface area contributed by atoms with Gasteiger partial charge in [-0.05, 0) is 138 Å². The quantitative estimate of drug-likeness (QED) is 0.0416. The zero-order valence-corrected chi connectivity index (χ0v) is 46.3. The lowest BCUT2D eigenvalue weighted by molar-refractivity contribution is -0.125. The summed E-state index contributed by atoms with van der Waals surface area (Å²) in [6.45, 7) is 11.8. The first-order valence-corrected chi connectivity index (χ1v) is 27.6. The van der Waals surface area contributed by atoms with Crippen LogP contribution < -0.4 is 41.1 Å². The van der Waals surface area contributed by atoms with Gasteiger partial charge in [0, 0.05) is 73.4 Å². The topological polar surface area (TPSA) is 247 Å². The van der Waals surface area contributed by atoms with Crippen LogP contribution in [0.3, 0.4) is 0 Å². The van der Waals surface area contributed by atoms with Crippen LogP contribution in [0.25, 0.3) is 22.5 Å². The number of nitrogens with one attached hydrogen (secondary N) is 6. The molecule has 2 saturated heterocycles. The van der Waals surface area contributed by atoms with Crippen molar-refractivity contribution in [1.29, 1.82) is 0 Å². The van der Waals surface area contributed by atoms with Crippen LogP contribution >= 0.6 is 0 Å². The van der Waals surface area contributed by atoms with Crippen LogP contribution in [-0.4, -0.2) is 119 Å². The minimum Gasteiger partial charge on any atom is -0.494 e. The molecule has 20 nitrogen and oxygen atoms in total. The maximum Gasteiger partial charge on any atom is 0.412 e. The van der Waals surface area contributed by atoms with E-state index < -0.39 is 23.8 Å². The molecule has 6 N–H and O–H groups in total. The Morgan fingerprint density at radius 3 is 2.19 bits per heavy atom. The second-order valence-corrected chi connectivity index (χ2v) is 21.6. The smallest absolute Gasteiger partial charge is 0.412 e. The highest BCUT2D eigenvalue weighted by Gasteiger charge is 2.46. The number of piperidine rings is 1. The molecule has 3 fully saturated rings. The lowest BCUT2D eigenvalue weighted by Crippen LogP contribution is -2.48. The number of carbonyl (C=O) groups excluding carboxylic acids is 5. The second-order valence-electron chi connectivity index (χ2n) is 21.6. The number of fused-ring (bicyclic) bond motifs is 1. The summed E-state index contributed by atoms with van der Waals surface area (Å²) in [5.41, 5.74) is 6.02. The molecule has 1 saturated carbocycles. The average Bonchev–Trinajstić information content (AvgIpc) is 4.15. The summed E-state index contributed by atoms with van der Waals surface area (Å²) in [7, 11) is 1.56. The Balaban J connectivity index is 0.707. The largest absolute Gasteiger partial charge is 0.494 e. The van der Waals surface area contributed by atoms with E-state index >= 15 is 0 Å². The Labute approximate surface area is 466 Å². The van der Waals surface area contributed by atoms with Gasteiger partial charge in [0.25, 0.3) is 11.8 Å². The number of pyridine rings is 1. The monoisotopic (exact) mass is 1090 g/mol. The summed E-state index contributed by atoms with van der Waals surface area (Å²) < 4.78 is 16.9. The van der Waals surface area contributed by atoms with E-state index in [1.165, 1.54) is 0 Å². The molecule has 420 valence electrons. The third kappa shape index (κ3) is 14.3. The molecule has 3 aromatic heterocycles. The van der Waals surface area contributed by atoms with Crippen LogP contribution in [0, 0.1) is 18.8 Å². The first-order valence-electron chi connectivity index (χ1n) is 27.6. The van der Waals surface area contributed by atoms with Crippen LogP contribution in [-0.2, 0) is 19.1 Å². The minimum atomic E-state index is -0.602. The number of methoxy groups -OCH3 is 1. The van der Waals surface area contributed by atoms with E-state index in [-0.39, 0.29) is 41.3 Å². The van der Waals surface area contributed by atoms with E-state index in [1.54, 1.807) is 61.8 Å². The van der Waals surface area contributed by atoms with Crippen molar-refractivity contribution in [1.82, 2.24) is 41.1 Å². The lowest BCUT2D eigenvalue weighted by Gasteiger charge is -2.35. The summed E-state index contributed by atoms with van der Waals surface area (Å²) in [4.78, 5) is 84.7. The molecule has 4 atom stereocenters. The van der Waals surface area contributed by atoms with Gasteiger partial charge < -0.3 is 45.3 Å². The zero-order valence-electron chi connectivity index (χ0n) is 46.3. The molecule has 2 aliphatic heterocycles. The first-order chi connectivity index (χ1) is 38.6. The van der Waals surface area contributed by atoms with Gasteiger partial charge in [0.15, 0.2) is 0 Å². The fourth-order valence-electron chi connectivity index (χ4n) is 10.8. The fraction of sp³-hybridized carbons (Fsp3) is 0.417. The van der Waals surface area contributed by atoms with E-state index in [2.05, 4.69) is 51.6 Å². The summed E-state index contributed by atoms with van der Waals surface area (Å²) in [6.07, 6.45) is 7.40. The molecule has 6 aromatic rings. The molecule has 3 aromatic carbocycles. The van der Waals surface area contributed by atoms with Gasteiger partial charge in [-0.25, -0.2) is 19.7 Å². The van der Waals surface area contributed by atoms with Gasteiger partial charge in [0.05, 0.1) is 49.1 Å². The third-order valence-electron chi connectivity index (χ3n) is 14.8. The number of benzene rings is 3. The molecule has 5 heterocycles. The molecule has 80 heavy (non-hydrogen) atoms. The molecule has 20 heteroatoms. The Kier molecular flexibility index (Phi) is 18.0. The predicted molar refractivity (Wildman–Crippen MR) is 306 cm³/mol. The van der Waals surface area contributed by atoms with E-state index in [1.807, 2.05) is 83.1 Å². The predicted octanol–water partition coefficient (Wildman–Crippen LogP) is 8.64. The van der Waals surface area contributed by atoms with Crippen molar-refractivity contribution in [3.8, 4) is 28.3 Å². The summed E-state index contributed by atoms with van der Waals surface area (Å²) in [5, 5.41) is 21.7. The Morgan fingerprint density at radius 1 is 0.775 bits per heavy atom. The molecule has 3 aliphatic rings. The fourth-order valence-corrected chi connectivity index (χ4v) is 10.8. The molecule has 0 spiro atoms. The molecule has 0 radical (unpaired) electrons. The number of hydrogen-bond acceptors (Lipinski definition) is 14. The molecule has 5 amide bonds. The summed E-state index contributed by atoms with van der Waals surface area (Å²) >= 11 is 0. The number of aromatic nitrogens is 5. The maximum absolute atomic E-state index is 14.0. The van der Waals surface area contributed by atoms with Gasteiger partial charge in [-0.1, -0.05) is 43.2 Å². The van der Waals surface area contributed by atoms with Gasteiger partial charge in [0.2, 0.25) is 11.8 Å². The van der Waals surface area contributed by atoms with Crippen LogP contribution in [0.1, 0.15) is 111 Å². The second kappa shape index (κ2) is 25.6. The Morgan fingerprint density at radius 2 is 1.49 bits per heavy atom. The lowest BCUT2D eigenvalue weighted by atomic mass is 9.84. The Bertz CT molecular complexity index is 3120. The molecule has 0 bridgehead atoms. The van der Waals surface area contributed by atoms with Crippen molar-refractivity contribution in [2.45, 2.75) is 103 Å². The van der Waals surface area contributed by atoms with Crippen molar-refractivity contribution in [2.24, 2.45) is 11.8 Å². The van der Waals surface area contributed by atoms with Crippen molar-refractivity contribution >= 4 is 52.6 Å². The molecular weight excluding hydrogens is 1020 g/mol. The van der Waals surface area contributed by atoms with E-state index in [9.17, 15) is 24.0 Å². The van der Waals surface area contributed by atoms with Crippen LogP contribution in [0.15, 0.2) is 103 Å². The first kappa shape index (κ1) is 56.3. The van der Waals surface area contributed by atoms with Crippen LogP contribution in [0.2, 0.25) is 0 Å². The van der Waals surface area contributed by atoms with Gasteiger partial charge in [-0.3, -0.25) is 29.6 Å². The van der Waals surface area contributed by atoms with E-state index in [0.717, 1.165) is 48.9 Å². The SMILES string of the molecule is COc1cc(N2CCC(C(=O)NCCOCCNC(=O)[C@@H]3C[C@@H]4CCCC[C@@H]4N3c3cc([C@H](C)NC(=O)c4ccc(-c5ccc(NC(=O)OC(C)(C)C)cc5)cc4)nc(C)n3)CC2)ccc1NC(=O)c1cccc(-c2ccn[nH]2)n1. The van der Waals surface area contributed by atoms with Crippen LogP contribution in [0.5, 0.6) is 5.75 Å². The van der Waals surface area contributed by atoms with E-state index in [4.69, 9.17) is 24.2 Å². The highest BCUT2D eigenvalue weighted by molar-refractivity contribution is 6.04. The number of amides is 5. The van der Waals surface area contributed by atoms with Crippen molar-refractivity contribution in [3.05, 3.63) is 126 Å². The third-order valence-corrected chi connectivity index (χ3v) is 14.8. The molecule has 9 rings (SSSR count).